The quantitative estimate of drug-likeness (QED) is 0.653. The van der Waals surface area contributed by atoms with Crippen LogP contribution in [0.15, 0.2) is 18.2 Å². The predicted molar refractivity (Wildman–Crippen MR) is 57.9 cm³/mol. The minimum absolute atomic E-state index is 0.00917. The molecule has 78 valence electrons. The molecule has 0 unspecified atom stereocenters. The van der Waals surface area contributed by atoms with Gasteiger partial charge in [0.05, 0.1) is 0 Å². The summed E-state index contributed by atoms with van der Waals surface area (Å²) in [6.07, 6.45) is -0.665. The molecule has 0 spiro atoms. The topological polar surface area (TPSA) is 26.0 Å². The maximum atomic E-state index is 12.3. The standard InChI is InChI=1S/C10H12BrF2N/c11-5-1-2-7-3-4-8(10(12)13)6-9(7)14/h3-4,6,10H,1-2,5,14H2. The van der Waals surface area contributed by atoms with Crippen molar-refractivity contribution in [3.8, 4) is 0 Å². The molecule has 14 heavy (non-hydrogen) atoms. The molecule has 1 rings (SSSR count). The number of hydrogen-bond acceptors (Lipinski definition) is 1. The number of alkyl halides is 3. The van der Waals surface area contributed by atoms with Crippen molar-refractivity contribution in [2.24, 2.45) is 0 Å². The van der Waals surface area contributed by atoms with Gasteiger partial charge in [-0.1, -0.05) is 28.1 Å². The molecule has 0 saturated carbocycles. The summed E-state index contributed by atoms with van der Waals surface area (Å²) in [7, 11) is 0. The van der Waals surface area contributed by atoms with Crippen molar-refractivity contribution < 1.29 is 8.78 Å². The van der Waals surface area contributed by atoms with Crippen LogP contribution in [0.4, 0.5) is 14.5 Å². The third-order valence-corrected chi connectivity index (χ3v) is 2.56. The number of nitrogen functional groups attached to an aromatic ring is 1. The maximum Gasteiger partial charge on any atom is 0.263 e. The second-order valence-corrected chi connectivity index (χ2v) is 3.84. The molecule has 1 nitrogen and oxygen atoms in total. The first kappa shape index (κ1) is 11.4. The second kappa shape index (κ2) is 5.29. The summed E-state index contributed by atoms with van der Waals surface area (Å²) in [5, 5.41) is 0.892. The SMILES string of the molecule is Nc1cc(C(F)F)ccc1CCCBr. The fraction of sp³-hybridized carbons (Fsp3) is 0.400. The van der Waals surface area contributed by atoms with Gasteiger partial charge >= 0.3 is 0 Å². The van der Waals surface area contributed by atoms with E-state index in [4.69, 9.17) is 5.73 Å². The highest BCUT2D eigenvalue weighted by Crippen LogP contribution is 2.23. The normalized spacial score (nSPS) is 10.9. The van der Waals surface area contributed by atoms with E-state index in [2.05, 4.69) is 15.9 Å². The van der Waals surface area contributed by atoms with E-state index in [9.17, 15) is 8.78 Å². The number of benzene rings is 1. The van der Waals surface area contributed by atoms with Crippen LogP contribution in [0.5, 0.6) is 0 Å². The molecule has 1 aromatic carbocycles. The molecule has 0 radical (unpaired) electrons. The van der Waals surface area contributed by atoms with Crippen LogP contribution in [-0.2, 0) is 6.42 Å². The Bertz CT molecular complexity index is 302. The van der Waals surface area contributed by atoms with Crippen molar-refractivity contribution in [2.45, 2.75) is 19.3 Å². The zero-order chi connectivity index (χ0) is 10.6. The summed E-state index contributed by atoms with van der Waals surface area (Å²) in [4.78, 5) is 0. The maximum absolute atomic E-state index is 12.3. The molecule has 1 aromatic rings. The lowest BCUT2D eigenvalue weighted by Gasteiger charge is -2.06. The average Bonchev–Trinajstić information content (AvgIpc) is 2.15. The van der Waals surface area contributed by atoms with Gasteiger partial charge in [-0.2, -0.15) is 0 Å². The van der Waals surface area contributed by atoms with Gasteiger partial charge in [0.15, 0.2) is 0 Å². The second-order valence-electron chi connectivity index (χ2n) is 3.05. The van der Waals surface area contributed by atoms with Crippen LogP contribution in [0, 0.1) is 0 Å². The van der Waals surface area contributed by atoms with Crippen LogP contribution in [0.2, 0.25) is 0 Å². The molecule has 0 amide bonds. The zero-order valence-electron chi connectivity index (χ0n) is 7.64. The molecule has 0 aliphatic rings. The lowest BCUT2D eigenvalue weighted by molar-refractivity contribution is 0.151. The van der Waals surface area contributed by atoms with Crippen molar-refractivity contribution in [2.75, 3.05) is 11.1 Å². The van der Waals surface area contributed by atoms with Crippen molar-refractivity contribution in [3.05, 3.63) is 29.3 Å². The van der Waals surface area contributed by atoms with Gasteiger partial charge in [-0.25, -0.2) is 8.78 Å². The first-order valence-electron chi connectivity index (χ1n) is 4.37. The molecule has 0 aromatic heterocycles. The van der Waals surface area contributed by atoms with Crippen LogP contribution in [0.1, 0.15) is 24.0 Å². The molecule has 0 bridgehead atoms. The van der Waals surface area contributed by atoms with Crippen molar-refractivity contribution in [3.63, 3.8) is 0 Å². The average molecular weight is 264 g/mol. The predicted octanol–water partition coefficient (Wildman–Crippen LogP) is 3.53. The lowest BCUT2D eigenvalue weighted by atomic mass is 10.1. The monoisotopic (exact) mass is 263 g/mol. The van der Waals surface area contributed by atoms with Gasteiger partial charge in [0.25, 0.3) is 6.43 Å². The van der Waals surface area contributed by atoms with E-state index in [-0.39, 0.29) is 5.56 Å². The zero-order valence-corrected chi connectivity index (χ0v) is 9.23. The van der Waals surface area contributed by atoms with E-state index in [0.717, 1.165) is 23.7 Å². The first-order chi connectivity index (χ1) is 6.65. The molecule has 0 atom stereocenters. The Labute approximate surface area is 90.4 Å². The van der Waals surface area contributed by atoms with Crippen LogP contribution in [0.3, 0.4) is 0 Å². The molecule has 0 heterocycles. The fourth-order valence-corrected chi connectivity index (χ4v) is 1.51. The Morgan fingerprint density at radius 3 is 2.57 bits per heavy atom. The van der Waals surface area contributed by atoms with E-state index in [1.807, 2.05) is 0 Å². The highest BCUT2D eigenvalue weighted by molar-refractivity contribution is 9.09. The molecule has 0 saturated heterocycles. The Morgan fingerprint density at radius 1 is 1.36 bits per heavy atom. The van der Waals surface area contributed by atoms with Crippen LogP contribution in [0.25, 0.3) is 0 Å². The lowest BCUT2D eigenvalue weighted by Crippen LogP contribution is -1.97. The van der Waals surface area contributed by atoms with E-state index in [1.54, 1.807) is 6.07 Å². The Morgan fingerprint density at radius 2 is 2.07 bits per heavy atom. The van der Waals surface area contributed by atoms with Crippen molar-refractivity contribution in [1.29, 1.82) is 0 Å². The van der Waals surface area contributed by atoms with Gasteiger partial charge in [0.1, 0.15) is 0 Å². The fourth-order valence-electron chi connectivity index (χ4n) is 1.23. The first-order valence-corrected chi connectivity index (χ1v) is 5.49. The Hall–Kier alpha value is -0.640. The molecule has 2 N–H and O–H groups in total. The molecule has 0 fully saturated rings. The van der Waals surface area contributed by atoms with Crippen LogP contribution >= 0.6 is 15.9 Å². The number of hydrogen-bond donors (Lipinski definition) is 1. The number of anilines is 1. The Balaban J connectivity index is 2.79. The van der Waals surface area contributed by atoms with E-state index in [1.165, 1.54) is 12.1 Å². The van der Waals surface area contributed by atoms with Crippen molar-refractivity contribution >= 4 is 21.6 Å². The van der Waals surface area contributed by atoms with Crippen molar-refractivity contribution in [1.82, 2.24) is 0 Å². The number of aryl methyl sites for hydroxylation is 1. The summed E-state index contributed by atoms with van der Waals surface area (Å²) in [6.45, 7) is 0. The van der Waals surface area contributed by atoms with E-state index in [0.29, 0.717) is 5.69 Å². The van der Waals surface area contributed by atoms with E-state index >= 15 is 0 Å². The minimum atomic E-state index is -2.44. The summed E-state index contributed by atoms with van der Waals surface area (Å²) < 4.78 is 24.5. The Kier molecular flexibility index (Phi) is 4.32. The molecular weight excluding hydrogens is 252 g/mol. The van der Waals surface area contributed by atoms with Gasteiger partial charge < -0.3 is 5.73 Å². The minimum Gasteiger partial charge on any atom is -0.398 e. The third-order valence-electron chi connectivity index (χ3n) is 2.00. The smallest absolute Gasteiger partial charge is 0.263 e. The summed E-state index contributed by atoms with van der Waals surface area (Å²) in [5.41, 5.74) is 7.04. The highest BCUT2D eigenvalue weighted by atomic mass is 79.9. The van der Waals surface area contributed by atoms with Gasteiger partial charge in [-0.05, 0) is 24.5 Å². The number of halogens is 3. The van der Waals surface area contributed by atoms with E-state index < -0.39 is 6.43 Å². The third kappa shape index (κ3) is 2.94. The molecule has 0 aliphatic heterocycles. The largest absolute Gasteiger partial charge is 0.398 e. The van der Waals surface area contributed by atoms with Gasteiger partial charge in [0.2, 0.25) is 0 Å². The molecule has 0 aliphatic carbocycles. The molecule has 4 heteroatoms. The molecular formula is C10H12BrF2N. The summed E-state index contributed by atoms with van der Waals surface area (Å²) >= 11 is 3.31. The van der Waals surface area contributed by atoms with Gasteiger partial charge in [-0.15, -0.1) is 0 Å². The van der Waals surface area contributed by atoms with Gasteiger partial charge in [0, 0.05) is 16.6 Å². The van der Waals surface area contributed by atoms with Gasteiger partial charge in [-0.3, -0.25) is 0 Å². The highest BCUT2D eigenvalue weighted by Gasteiger charge is 2.08. The summed E-state index contributed by atoms with van der Waals surface area (Å²) in [6, 6.07) is 4.47. The number of rotatable bonds is 4. The number of nitrogens with two attached hydrogens (primary N) is 1. The van der Waals surface area contributed by atoms with Crippen LogP contribution in [-0.4, -0.2) is 5.33 Å². The van der Waals surface area contributed by atoms with Crippen LogP contribution < -0.4 is 5.73 Å². The summed E-state index contributed by atoms with van der Waals surface area (Å²) in [5.74, 6) is 0.